The first-order valence-corrected chi connectivity index (χ1v) is 15.3. The third-order valence-electron chi connectivity index (χ3n) is 8.53. The van der Waals surface area contributed by atoms with Crippen LogP contribution in [-0.2, 0) is 0 Å². The number of hydrogen-bond donors (Lipinski definition) is 0. The molecule has 0 unspecified atom stereocenters. The summed E-state index contributed by atoms with van der Waals surface area (Å²) in [5, 5.41) is 5.42. The number of benzene rings is 7. The Morgan fingerprint density at radius 3 is 1.82 bits per heavy atom. The first-order chi connectivity index (χ1) is 21.7. The summed E-state index contributed by atoms with van der Waals surface area (Å²) >= 11 is 6.63. The molecule has 0 amide bonds. The van der Waals surface area contributed by atoms with Gasteiger partial charge in [0.05, 0.1) is 16.7 Å². The van der Waals surface area contributed by atoms with Crippen LogP contribution in [0.1, 0.15) is 5.56 Å². The first-order valence-electron chi connectivity index (χ1n) is 14.9. The predicted octanol–water partition coefficient (Wildman–Crippen LogP) is 12.0. The summed E-state index contributed by atoms with van der Waals surface area (Å²) in [6.45, 7) is 2.12. The number of hydrogen-bond acceptors (Lipinski definition) is 1. The van der Waals surface area contributed by atoms with Crippen molar-refractivity contribution >= 4 is 61.2 Å². The zero-order valence-electron chi connectivity index (χ0n) is 24.3. The van der Waals surface area contributed by atoms with E-state index in [1.807, 2.05) is 12.1 Å². The maximum Gasteiger partial charge on any atom is 0.0541 e. The zero-order chi connectivity index (χ0) is 29.6. The largest absolute Gasteiger partial charge is 0.310 e. The molecule has 0 aliphatic carbocycles. The number of aryl methyl sites for hydroxylation is 1. The van der Waals surface area contributed by atoms with Crippen LogP contribution in [0.15, 0.2) is 158 Å². The van der Waals surface area contributed by atoms with E-state index < -0.39 is 0 Å². The molecule has 0 N–H and O–H groups in total. The molecular weight excluding hydrogens is 556 g/mol. The Morgan fingerprint density at radius 2 is 1.07 bits per heavy atom. The van der Waals surface area contributed by atoms with Crippen molar-refractivity contribution in [2.45, 2.75) is 6.92 Å². The Kier molecular flexibility index (Phi) is 6.43. The van der Waals surface area contributed by atoms with Crippen molar-refractivity contribution in [1.29, 1.82) is 0 Å². The number of aromatic nitrogens is 1. The van der Waals surface area contributed by atoms with Gasteiger partial charge in [-0.2, -0.15) is 0 Å². The predicted molar refractivity (Wildman–Crippen MR) is 188 cm³/mol. The molecule has 0 fully saturated rings. The summed E-state index contributed by atoms with van der Waals surface area (Å²) in [4.78, 5) is 2.32. The Balaban J connectivity index is 1.25. The van der Waals surface area contributed by atoms with Gasteiger partial charge < -0.3 is 9.47 Å². The highest BCUT2D eigenvalue weighted by atomic mass is 35.5. The number of rotatable bonds is 5. The van der Waals surface area contributed by atoms with Crippen LogP contribution in [0.4, 0.5) is 17.1 Å². The van der Waals surface area contributed by atoms with Gasteiger partial charge in [-0.05, 0) is 84.8 Å². The fourth-order valence-electron chi connectivity index (χ4n) is 6.37. The molecule has 8 aromatic rings. The number of para-hydroxylation sites is 2. The molecule has 7 aromatic carbocycles. The fraction of sp³-hybridized carbons (Fsp3) is 0.0244. The van der Waals surface area contributed by atoms with Crippen molar-refractivity contribution in [3.05, 3.63) is 168 Å². The minimum Gasteiger partial charge on any atom is -0.310 e. The van der Waals surface area contributed by atoms with Crippen molar-refractivity contribution in [1.82, 2.24) is 4.57 Å². The highest BCUT2D eigenvalue weighted by molar-refractivity contribution is 6.36. The summed E-state index contributed by atoms with van der Waals surface area (Å²) < 4.78 is 2.35. The molecule has 2 nitrogen and oxygen atoms in total. The zero-order valence-corrected chi connectivity index (χ0v) is 25.0. The highest BCUT2D eigenvalue weighted by Crippen LogP contribution is 2.42. The van der Waals surface area contributed by atoms with E-state index in [0.29, 0.717) is 0 Å². The molecule has 0 aliphatic heterocycles. The van der Waals surface area contributed by atoms with Gasteiger partial charge in [-0.15, -0.1) is 0 Å². The average molecular weight is 585 g/mol. The summed E-state index contributed by atoms with van der Waals surface area (Å²) in [5.74, 6) is 0. The van der Waals surface area contributed by atoms with Crippen LogP contribution in [0.3, 0.4) is 0 Å². The second kappa shape index (κ2) is 10.8. The molecule has 0 aliphatic rings. The molecular formula is C41H29ClN2. The molecule has 0 saturated carbocycles. The van der Waals surface area contributed by atoms with Crippen molar-refractivity contribution in [2.75, 3.05) is 4.90 Å². The second-order valence-corrected chi connectivity index (χ2v) is 11.7. The maximum absolute atomic E-state index is 6.63. The van der Waals surface area contributed by atoms with Gasteiger partial charge in [0, 0.05) is 43.6 Å². The number of anilines is 3. The molecule has 0 radical (unpaired) electrons. The van der Waals surface area contributed by atoms with Gasteiger partial charge in [-0.3, -0.25) is 0 Å². The van der Waals surface area contributed by atoms with Gasteiger partial charge in [0.25, 0.3) is 0 Å². The van der Waals surface area contributed by atoms with Crippen molar-refractivity contribution in [3.63, 3.8) is 0 Å². The van der Waals surface area contributed by atoms with Gasteiger partial charge >= 0.3 is 0 Å². The topological polar surface area (TPSA) is 8.17 Å². The smallest absolute Gasteiger partial charge is 0.0541 e. The van der Waals surface area contributed by atoms with E-state index in [-0.39, 0.29) is 0 Å². The van der Waals surface area contributed by atoms with Crippen molar-refractivity contribution in [3.8, 4) is 16.8 Å². The van der Waals surface area contributed by atoms with Crippen LogP contribution >= 0.6 is 11.6 Å². The van der Waals surface area contributed by atoms with Crippen LogP contribution in [-0.4, -0.2) is 4.57 Å². The lowest BCUT2D eigenvalue weighted by Crippen LogP contribution is -2.10. The van der Waals surface area contributed by atoms with Crippen molar-refractivity contribution < 1.29 is 0 Å². The van der Waals surface area contributed by atoms with Gasteiger partial charge in [-0.1, -0.05) is 108 Å². The molecule has 0 bridgehead atoms. The standard InChI is InChI=1S/C41H29ClN2/c1-28-15-20-32(21-16-28)43(40-26-24-38(42)34-11-5-6-12-35(34)40)33-22-17-29(18-23-33)30-19-25-41-37(27-30)36-13-7-8-14-39(36)44(41)31-9-3-2-4-10-31/h2-27H,1H3. The third kappa shape index (κ3) is 4.43. The van der Waals surface area contributed by atoms with E-state index in [0.717, 1.165) is 32.9 Å². The molecule has 1 aromatic heterocycles. The number of halogens is 1. The molecule has 0 atom stereocenters. The first kappa shape index (κ1) is 26.3. The van der Waals surface area contributed by atoms with Gasteiger partial charge in [-0.25, -0.2) is 0 Å². The lowest BCUT2D eigenvalue weighted by molar-refractivity contribution is 1.18. The Hall–Kier alpha value is -5.31. The van der Waals surface area contributed by atoms with E-state index >= 15 is 0 Å². The SMILES string of the molecule is Cc1ccc(N(c2ccc(-c3ccc4c(c3)c3ccccc3n4-c3ccccc3)cc2)c2ccc(Cl)c3ccccc23)cc1. The summed E-state index contributed by atoms with van der Waals surface area (Å²) in [6, 6.07) is 56.1. The van der Waals surface area contributed by atoms with E-state index in [2.05, 4.69) is 162 Å². The van der Waals surface area contributed by atoms with Crippen LogP contribution < -0.4 is 4.90 Å². The Bertz CT molecular complexity index is 2280. The van der Waals surface area contributed by atoms with Crippen LogP contribution in [0.25, 0.3) is 49.4 Å². The van der Waals surface area contributed by atoms with Gasteiger partial charge in [0.15, 0.2) is 0 Å². The van der Waals surface area contributed by atoms with Gasteiger partial charge in [0.1, 0.15) is 0 Å². The van der Waals surface area contributed by atoms with Gasteiger partial charge in [0.2, 0.25) is 0 Å². The molecule has 1 heterocycles. The Labute approximate surface area is 262 Å². The summed E-state index contributed by atoms with van der Waals surface area (Å²) in [7, 11) is 0. The molecule has 0 saturated heterocycles. The minimum atomic E-state index is 0.757. The maximum atomic E-state index is 6.63. The monoisotopic (exact) mass is 584 g/mol. The molecule has 210 valence electrons. The average Bonchev–Trinajstić information content (AvgIpc) is 3.41. The van der Waals surface area contributed by atoms with E-state index in [9.17, 15) is 0 Å². The molecule has 8 rings (SSSR count). The van der Waals surface area contributed by atoms with E-state index in [1.165, 1.54) is 44.2 Å². The quantitative estimate of drug-likeness (QED) is 0.195. The van der Waals surface area contributed by atoms with E-state index in [1.54, 1.807) is 0 Å². The molecule has 0 spiro atoms. The summed E-state index contributed by atoms with van der Waals surface area (Å²) in [6.07, 6.45) is 0. The Morgan fingerprint density at radius 1 is 0.477 bits per heavy atom. The fourth-order valence-corrected chi connectivity index (χ4v) is 6.60. The van der Waals surface area contributed by atoms with Crippen LogP contribution in [0.5, 0.6) is 0 Å². The number of fused-ring (bicyclic) bond motifs is 4. The second-order valence-electron chi connectivity index (χ2n) is 11.2. The lowest BCUT2D eigenvalue weighted by atomic mass is 10.0. The summed E-state index contributed by atoms with van der Waals surface area (Å²) in [5.41, 5.74) is 10.5. The lowest BCUT2D eigenvalue weighted by Gasteiger charge is -2.27. The molecule has 3 heteroatoms. The normalized spacial score (nSPS) is 11.4. The molecule has 44 heavy (non-hydrogen) atoms. The van der Waals surface area contributed by atoms with E-state index in [4.69, 9.17) is 11.6 Å². The third-order valence-corrected chi connectivity index (χ3v) is 8.86. The highest BCUT2D eigenvalue weighted by Gasteiger charge is 2.17. The van der Waals surface area contributed by atoms with Crippen LogP contribution in [0.2, 0.25) is 5.02 Å². The number of nitrogens with zero attached hydrogens (tertiary/aromatic N) is 2. The minimum absolute atomic E-state index is 0.757. The van der Waals surface area contributed by atoms with Crippen LogP contribution in [0, 0.1) is 6.92 Å². The van der Waals surface area contributed by atoms with Crippen molar-refractivity contribution in [2.24, 2.45) is 0 Å².